The van der Waals surface area contributed by atoms with Crippen molar-refractivity contribution in [2.45, 2.75) is 19.5 Å². The van der Waals surface area contributed by atoms with Gasteiger partial charge in [-0.3, -0.25) is 0 Å². The van der Waals surface area contributed by atoms with E-state index < -0.39 is 0 Å². The molecule has 4 aromatic rings. The predicted octanol–water partition coefficient (Wildman–Crippen LogP) is 4.29. The van der Waals surface area contributed by atoms with Crippen molar-refractivity contribution < 1.29 is 0 Å². The van der Waals surface area contributed by atoms with E-state index in [0.29, 0.717) is 5.56 Å². The van der Waals surface area contributed by atoms with Gasteiger partial charge < -0.3 is 9.88 Å². The summed E-state index contributed by atoms with van der Waals surface area (Å²) in [5, 5.41) is 15.1. The molecule has 0 bridgehead atoms. The van der Waals surface area contributed by atoms with Crippen LogP contribution >= 0.6 is 0 Å². The van der Waals surface area contributed by atoms with Crippen LogP contribution in [0.5, 0.6) is 0 Å². The molecule has 4 heteroatoms. The van der Waals surface area contributed by atoms with Crippen molar-refractivity contribution >= 4 is 10.8 Å². The molecule has 0 saturated heterocycles. The molecule has 0 amide bonds. The zero-order valence-corrected chi connectivity index (χ0v) is 15.7. The first kappa shape index (κ1) is 18.0. The second-order valence-electron chi connectivity index (χ2n) is 6.89. The maximum absolute atomic E-state index is 8.92. The Bertz CT molecular complexity index is 1100. The van der Waals surface area contributed by atoms with Crippen LogP contribution in [0.15, 0.2) is 79.3 Å². The molecule has 0 saturated carbocycles. The lowest BCUT2D eigenvalue weighted by atomic mass is 10.0. The number of nitrogens with one attached hydrogen (secondary N) is 1. The van der Waals surface area contributed by atoms with Gasteiger partial charge in [-0.1, -0.05) is 54.6 Å². The third-order valence-electron chi connectivity index (χ3n) is 4.99. The van der Waals surface area contributed by atoms with Crippen LogP contribution in [0.3, 0.4) is 0 Å². The molecule has 0 aliphatic heterocycles. The van der Waals surface area contributed by atoms with Crippen LogP contribution < -0.4 is 5.32 Å². The van der Waals surface area contributed by atoms with Gasteiger partial charge in [0, 0.05) is 37.9 Å². The van der Waals surface area contributed by atoms with E-state index >= 15 is 0 Å². The molecule has 0 fully saturated rings. The number of hydrogen-bond acceptors (Lipinski definition) is 3. The summed E-state index contributed by atoms with van der Waals surface area (Å²) >= 11 is 0. The number of imidazole rings is 1. The molecule has 0 spiro atoms. The Labute approximate surface area is 165 Å². The van der Waals surface area contributed by atoms with Gasteiger partial charge in [-0.15, -0.1) is 0 Å². The topological polar surface area (TPSA) is 53.6 Å². The van der Waals surface area contributed by atoms with Gasteiger partial charge >= 0.3 is 0 Å². The number of hydrogen-bond donors (Lipinski definition) is 1. The first-order chi connectivity index (χ1) is 13.8. The number of aromatic nitrogens is 2. The number of nitriles is 1. The molecule has 0 atom stereocenters. The predicted molar refractivity (Wildman–Crippen MR) is 112 cm³/mol. The van der Waals surface area contributed by atoms with Crippen LogP contribution in [-0.2, 0) is 19.5 Å². The van der Waals surface area contributed by atoms with Gasteiger partial charge in [-0.2, -0.15) is 5.26 Å². The average molecular weight is 366 g/mol. The van der Waals surface area contributed by atoms with Crippen LogP contribution in [0.2, 0.25) is 0 Å². The minimum absolute atomic E-state index is 0.687. The average Bonchev–Trinajstić information content (AvgIpc) is 3.18. The zero-order valence-electron chi connectivity index (χ0n) is 15.7. The van der Waals surface area contributed by atoms with E-state index in [1.807, 2.05) is 36.8 Å². The van der Waals surface area contributed by atoms with E-state index in [1.54, 1.807) is 0 Å². The Kier molecular flexibility index (Phi) is 5.46. The molecule has 4 nitrogen and oxygen atoms in total. The van der Waals surface area contributed by atoms with Crippen LogP contribution in [0.4, 0.5) is 0 Å². The molecule has 0 aliphatic carbocycles. The van der Waals surface area contributed by atoms with E-state index in [0.717, 1.165) is 26.1 Å². The van der Waals surface area contributed by atoms with Crippen molar-refractivity contribution in [1.82, 2.24) is 14.9 Å². The van der Waals surface area contributed by atoms with Gasteiger partial charge in [-0.25, -0.2) is 4.98 Å². The minimum Gasteiger partial charge on any atom is -0.330 e. The van der Waals surface area contributed by atoms with Crippen molar-refractivity contribution in [3.8, 4) is 6.07 Å². The van der Waals surface area contributed by atoms with Crippen molar-refractivity contribution in [2.75, 3.05) is 6.54 Å². The van der Waals surface area contributed by atoms with Crippen LogP contribution in [0.25, 0.3) is 10.8 Å². The van der Waals surface area contributed by atoms with Gasteiger partial charge in [0.25, 0.3) is 0 Å². The fourth-order valence-corrected chi connectivity index (χ4v) is 3.47. The fraction of sp³-hybridized carbons (Fsp3) is 0.167. The van der Waals surface area contributed by atoms with Gasteiger partial charge in [0.1, 0.15) is 0 Å². The molecule has 0 aliphatic rings. The lowest BCUT2D eigenvalue weighted by molar-refractivity contribution is 0.654. The van der Waals surface area contributed by atoms with Crippen molar-refractivity contribution in [3.63, 3.8) is 0 Å². The Balaban J connectivity index is 1.34. The summed E-state index contributed by atoms with van der Waals surface area (Å²) in [6.07, 6.45) is 4.72. The highest BCUT2D eigenvalue weighted by molar-refractivity contribution is 5.85. The van der Waals surface area contributed by atoms with Crippen molar-refractivity contribution in [1.29, 1.82) is 5.26 Å². The molecular weight excluding hydrogens is 344 g/mol. The Morgan fingerprint density at radius 1 is 0.964 bits per heavy atom. The summed E-state index contributed by atoms with van der Waals surface area (Å²) < 4.78 is 2.17. The summed E-state index contributed by atoms with van der Waals surface area (Å²) in [5.74, 6) is 0. The Morgan fingerprint density at radius 3 is 2.64 bits per heavy atom. The standard InChI is InChI=1S/C24H22N4/c25-14-19-8-10-20(11-9-19)17-28-18-27-16-23(28)12-13-26-15-22-6-3-5-21-4-1-2-7-24(21)22/h1-11,16,18,26H,12-13,15,17H2. The smallest absolute Gasteiger partial charge is 0.0991 e. The summed E-state index contributed by atoms with van der Waals surface area (Å²) in [6.45, 7) is 2.51. The Morgan fingerprint density at radius 2 is 1.79 bits per heavy atom. The van der Waals surface area contributed by atoms with Crippen LogP contribution in [0.1, 0.15) is 22.4 Å². The van der Waals surface area contributed by atoms with E-state index in [9.17, 15) is 0 Å². The third kappa shape index (κ3) is 4.11. The maximum atomic E-state index is 8.92. The highest BCUT2D eigenvalue weighted by atomic mass is 15.0. The number of nitrogens with zero attached hydrogens (tertiary/aromatic N) is 3. The molecular formula is C24H22N4. The molecule has 1 heterocycles. The summed E-state index contributed by atoms with van der Waals surface area (Å²) in [5.41, 5.74) is 4.38. The van der Waals surface area contributed by atoms with Crippen LogP contribution in [-0.4, -0.2) is 16.1 Å². The van der Waals surface area contributed by atoms with E-state index in [1.165, 1.54) is 27.6 Å². The molecule has 0 radical (unpaired) electrons. The van der Waals surface area contributed by atoms with Crippen molar-refractivity contribution in [2.24, 2.45) is 0 Å². The second kappa shape index (κ2) is 8.51. The summed E-state index contributed by atoms with van der Waals surface area (Å²) in [4.78, 5) is 4.31. The molecule has 3 aromatic carbocycles. The van der Waals surface area contributed by atoms with E-state index in [4.69, 9.17) is 5.26 Å². The summed E-state index contributed by atoms with van der Waals surface area (Å²) in [7, 11) is 0. The Hall–Kier alpha value is -3.42. The normalized spacial score (nSPS) is 10.8. The van der Waals surface area contributed by atoms with E-state index in [-0.39, 0.29) is 0 Å². The molecule has 1 aromatic heterocycles. The summed E-state index contributed by atoms with van der Waals surface area (Å²) in [6, 6.07) is 24.8. The third-order valence-corrected chi connectivity index (χ3v) is 4.99. The van der Waals surface area contributed by atoms with Gasteiger partial charge in [0.05, 0.1) is 18.0 Å². The van der Waals surface area contributed by atoms with Gasteiger partial charge in [-0.05, 0) is 34.0 Å². The SMILES string of the molecule is N#Cc1ccc(Cn2cncc2CCNCc2cccc3ccccc23)cc1. The number of rotatable bonds is 7. The van der Waals surface area contributed by atoms with Gasteiger partial charge in [0.2, 0.25) is 0 Å². The lowest BCUT2D eigenvalue weighted by Crippen LogP contribution is -2.18. The zero-order chi connectivity index (χ0) is 19.2. The number of fused-ring (bicyclic) bond motifs is 1. The quantitative estimate of drug-likeness (QED) is 0.497. The molecule has 1 N–H and O–H groups in total. The highest BCUT2D eigenvalue weighted by Crippen LogP contribution is 2.18. The lowest BCUT2D eigenvalue weighted by Gasteiger charge is -2.10. The second-order valence-corrected chi connectivity index (χ2v) is 6.89. The largest absolute Gasteiger partial charge is 0.330 e. The first-order valence-electron chi connectivity index (χ1n) is 9.49. The monoisotopic (exact) mass is 366 g/mol. The van der Waals surface area contributed by atoms with E-state index in [2.05, 4.69) is 63.4 Å². The molecule has 138 valence electrons. The molecule has 4 rings (SSSR count). The molecule has 28 heavy (non-hydrogen) atoms. The fourth-order valence-electron chi connectivity index (χ4n) is 3.47. The molecule has 0 unspecified atom stereocenters. The first-order valence-corrected chi connectivity index (χ1v) is 9.49. The van der Waals surface area contributed by atoms with Crippen molar-refractivity contribution in [3.05, 3.63) is 102 Å². The van der Waals surface area contributed by atoms with Gasteiger partial charge in [0.15, 0.2) is 0 Å². The highest BCUT2D eigenvalue weighted by Gasteiger charge is 2.04. The number of benzene rings is 3. The minimum atomic E-state index is 0.687. The maximum Gasteiger partial charge on any atom is 0.0991 e. The van der Waals surface area contributed by atoms with Crippen LogP contribution in [0, 0.1) is 11.3 Å².